The van der Waals surface area contributed by atoms with Gasteiger partial charge in [-0.25, -0.2) is 17.9 Å². The molecule has 0 aromatic carbocycles. The van der Waals surface area contributed by atoms with Crippen molar-refractivity contribution >= 4 is 27.3 Å². The Morgan fingerprint density at radius 2 is 2.10 bits per heavy atom. The van der Waals surface area contributed by atoms with Crippen molar-refractivity contribution in [3.63, 3.8) is 0 Å². The molecule has 21 heavy (non-hydrogen) atoms. The van der Waals surface area contributed by atoms with Crippen molar-refractivity contribution < 1.29 is 18.3 Å². The maximum Gasteiger partial charge on any atom is 0.345 e. The number of carboxylic acid groups (broad SMARTS) is 1. The first-order valence-corrected chi connectivity index (χ1v) is 8.98. The van der Waals surface area contributed by atoms with Gasteiger partial charge in [-0.05, 0) is 46.9 Å². The second kappa shape index (κ2) is 7.35. The lowest BCUT2D eigenvalue weighted by atomic mass is 10.3. The summed E-state index contributed by atoms with van der Waals surface area (Å²) in [5.41, 5.74) is 0. The molecule has 0 saturated carbocycles. The molecule has 0 amide bonds. The number of carboxylic acids is 1. The van der Waals surface area contributed by atoms with Crippen LogP contribution in [0.4, 0.5) is 0 Å². The molecular weight excluding hydrogens is 312 g/mol. The molecule has 0 aliphatic rings. The van der Waals surface area contributed by atoms with Crippen LogP contribution in [0, 0.1) is 6.92 Å². The highest BCUT2D eigenvalue weighted by molar-refractivity contribution is 7.89. The van der Waals surface area contributed by atoms with Crippen LogP contribution in [0.15, 0.2) is 11.0 Å². The Balaban J connectivity index is 2.64. The summed E-state index contributed by atoms with van der Waals surface area (Å²) in [4.78, 5) is 13.6. The zero-order valence-electron chi connectivity index (χ0n) is 12.7. The van der Waals surface area contributed by atoms with Crippen LogP contribution in [0.5, 0.6) is 0 Å². The third-order valence-corrected chi connectivity index (χ3v) is 5.99. The van der Waals surface area contributed by atoms with E-state index in [1.54, 1.807) is 6.92 Å². The molecule has 1 aromatic heterocycles. The maximum atomic E-state index is 12.2. The molecule has 120 valence electrons. The van der Waals surface area contributed by atoms with Gasteiger partial charge < -0.3 is 10.0 Å². The van der Waals surface area contributed by atoms with Crippen LogP contribution in [-0.2, 0) is 10.0 Å². The normalized spacial score (nSPS) is 12.3. The minimum absolute atomic E-state index is 0.0346. The Morgan fingerprint density at radius 3 is 2.57 bits per heavy atom. The van der Waals surface area contributed by atoms with E-state index in [9.17, 15) is 13.2 Å². The summed E-state index contributed by atoms with van der Waals surface area (Å²) in [5, 5.41) is 8.91. The second-order valence-corrected chi connectivity index (χ2v) is 8.15. The summed E-state index contributed by atoms with van der Waals surface area (Å²) < 4.78 is 26.8. The molecule has 0 atom stereocenters. The van der Waals surface area contributed by atoms with Gasteiger partial charge >= 0.3 is 5.97 Å². The van der Waals surface area contributed by atoms with Crippen molar-refractivity contribution in [3.05, 3.63) is 15.8 Å². The SMILES string of the molecule is Cc1sc(C(=O)O)cc1S(=O)(=O)NCCCN(C)C(C)C. The minimum Gasteiger partial charge on any atom is -0.477 e. The molecule has 8 heteroatoms. The summed E-state index contributed by atoms with van der Waals surface area (Å²) >= 11 is 0.970. The van der Waals surface area contributed by atoms with Gasteiger partial charge in [-0.3, -0.25) is 0 Å². The predicted octanol–water partition coefficient (Wildman–Crippen LogP) is 1.76. The summed E-state index contributed by atoms with van der Waals surface area (Å²) in [6.45, 7) is 6.89. The number of rotatable bonds is 8. The highest BCUT2D eigenvalue weighted by Gasteiger charge is 2.21. The molecule has 0 bridgehead atoms. The van der Waals surface area contributed by atoms with Crippen molar-refractivity contribution in [1.29, 1.82) is 0 Å². The smallest absolute Gasteiger partial charge is 0.345 e. The first-order valence-electron chi connectivity index (χ1n) is 6.68. The Bertz CT molecular complexity index is 593. The highest BCUT2D eigenvalue weighted by atomic mass is 32.2. The summed E-state index contributed by atoms with van der Waals surface area (Å²) in [6, 6.07) is 1.63. The number of nitrogens with one attached hydrogen (secondary N) is 1. The van der Waals surface area contributed by atoms with Crippen LogP contribution in [0.3, 0.4) is 0 Å². The third-order valence-electron chi connectivity index (χ3n) is 3.23. The molecule has 0 radical (unpaired) electrons. The van der Waals surface area contributed by atoms with Crippen LogP contribution in [0.2, 0.25) is 0 Å². The first-order chi connectivity index (χ1) is 9.65. The number of nitrogens with zero attached hydrogens (tertiary/aromatic N) is 1. The van der Waals surface area contributed by atoms with Crippen LogP contribution in [0.1, 0.15) is 34.8 Å². The van der Waals surface area contributed by atoms with Crippen molar-refractivity contribution in [1.82, 2.24) is 9.62 Å². The molecule has 0 unspecified atom stereocenters. The van der Waals surface area contributed by atoms with Gasteiger partial charge in [-0.15, -0.1) is 11.3 Å². The molecule has 0 aliphatic heterocycles. The Kier molecular flexibility index (Phi) is 6.33. The van der Waals surface area contributed by atoms with E-state index in [2.05, 4.69) is 23.5 Å². The van der Waals surface area contributed by atoms with Crippen molar-refractivity contribution in [2.24, 2.45) is 0 Å². The Hall–Kier alpha value is -0.960. The van der Waals surface area contributed by atoms with E-state index in [1.165, 1.54) is 6.07 Å². The summed E-state index contributed by atoms with van der Waals surface area (Å²) in [7, 11) is -1.66. The van der Waals surface area contributed by atoms with Gasteiger partial charge in [0, 0.05) is 17.5 Å². The van der Waals surface area contributed by atoms with E-state index in [4.69, 9.17) is 5.11 Å². The lowest BCUT2D eigenvalue weighted by molar-refractivity contribution is 0.0702. The van der Waals surface area contributed by atoms with Gasteiger partial charge in [-0.1, -0.05) is 0 Å². The Labute approximate surface area is 129 Å². The van der Waals surface area contributed by atoms with Gasteiger partial charge in [-0.2, -0.15) is 0 Å². The summed E-state index contributed by atoms with van der Waals surface area (Å²) in [5.74, 6) is -1.11. The zero-order chi connectivity index (χ0) is 16.2. The van der Waals surface area contributed by atoms with Crippen LogP contribution >= 0.6 is 11.3 Å². The average molecular weight is 334 g/mol. The largest absolute Gasteiger partial charge is 0.477 e. The number of aromatic carboxylic acids is 1. The van der Waals surface area contributed by atoms with E-state index in [0.29, 0.717) is 23.9 Å². The average Bonchev–Trinajstić information content (AvgIpc) is 2.77. The fourth-order valence-corrected chi connectivity index (χ4v) is 4.21. The van der Waals surface area contributed by atoms with E-state index in [0.717, 1.165) is 17.9 Å². The van der Waals surface area contributed by atoms with E-state index >= 15 is 0 Å². The molecule has 1 heterocycles. The third kappa shape index (κ3) is 5.06. The monoisotopic (exact) mass is 334 g/mol. The lowest BCUT2D eigenvalue weighted by Gasteiger charge is -2.20. The van der Waals surface area contributed by atoms with Gasteiger partial charge in [0.1, 0.15) is 4.88 Å². The molecule has 1 rings (SSSR count). The fourth-order valence-electron chi connectivity index (χ4n) is 1.71. The van der Waals surface area contributed by atoms with E-state index in [1.807, 2.05) is 7.05 Å². The maximum absolute atomic E-state index is 12.2. The quantitative estimate of drug-likeness (QED) is 0.708. The predicted molar refractivity (Wildman–Crippen MR) is 83.6 cm³/mol. The molecule has 0 saturated heterocycles. The molecule has 0 aliphatic carbocycles. The number of hydrogen-bond donors (Lipinski definition) is 2. The lowest BCUT2D eigenvalue weighted by Crippen LogP contribution is -2.31. The van der Waals surface area contributed by atoms with Crippen LogP contribution in [-0.4, -0.2) is 50.6 Å². The molecular formula is C13H22N2O4S2. The number of thiophene rings is 1. The minimum atomic E-state index is -3.64. The molecule has 2 N–H and O–H groups in total. The molecule has 0 fully saturated rings. The van der Waals surface area contributed by atoms with Crippen LogP contribution in [0.25, 0.3) is 0 Å². The Morgan fingerprint density at radius 1 is 1.48 bits per heavy atom. The topological polar surface area (TPSA) is 86.7 Å². The molecule has 6 nitrogen and oxygen atoms in total. The second-order valence-electron chi connectivity index (χ2n) is 5.16. The van der Waals surface area contributed by atoms with Gasteiger partial charge in [0.25, 0.3) is 0 Å². The standard InChI is InChI=1S/C13H22N2O4S2/c1-9(2)15(4)7-5-6-14-21(18,19)12-8-11(13(16)17)20-10(12)3/h8-9,14H,5-7H2,1-4H3,(H,16,17). The van der Waals surface area contributed by atoms with Crippen LogP contribution < -0.4 is 4.72 Å². The number of sulfonamides is 1. The number of hydrogen-bond acceptors (Lipinski definition) is 5. The highest BCUT2D eigenvalue weighted by Crippen LogP contribution is 2.25. The van der Waals surface area contributed by atoms with Gasteiger partial charge in [0.05, 0.1) is 4.90 Å². The molecule has 0 spiro atoms. The fraction of sp³-hybridized carbons (Fsp3) is 0.615. The van der Waals surface area contributed by atoms with Gasteiger partial charge in [0.15, 0.2) is 0 Å². The van der Waals surface area contributed by atoms with Crippen molar-refractivity contribution in [2.45, 2.75) is 38.1 Å². The summed E-state index contributed by atoms with van der Waals surface area (Å²) in [6.07, 6.45) is 0.697. The van der Waals surface area contributed by atoms with E-state index in [-0.39, 0.29) is 9.77 Å². The van der Waals surface area contributed by atoms with Crippen molar-refractivity contribution in [2.75, 3.05) is 20.1 Å². The molecule has 1 aromatic rings. The zero-order valence-corrected chi connectivity index (χ0v) is 14.3. The number of carbonyl (C=O) groups is 1. The number of aryl methyl sites for hydroxylation is 1. The van der Waals surface area contributed by atoms with Crippen molar-refractivity contribution in [3.8, 4) is 0 Å². The first kappa shape index (κ1) is 18.1. The van der Waals surface area contributed by atoms with Gasteiger partial charge in [0.2, 0.25) is 10.0 Å². The van der Waals surface area contributed by atoms with E-state index < -0.39 is 16.0 Å².